The van der Waals surface area contributed by atoms with Crippen LogP contribution in [0, 0.1) is 0 Å². The van der Waals surface area contributed by atoms with E-state index in [1.54, 1.807) is 11.3 Å². The van der Waals surface area contributed by atoms with Crippen LogP contribution in [0.4, 0.5) is 0 Å². The molecule has 0 saturated carbocycles. The SMILES string of the molecule is CCC(CNC)(Cc1nccs1)c1ccccc1. The van der Waals surface area contributed by atoms with E-state index >= 15 is 0 Å². The van der Waals surface area contributed by atoms with Crippen molar-refractivity contribution in [1.29, 1.82) is 0 Å². The van der Waals surface area contributed by atoms with Crippen molar-refractivity contribution in [2.24, 2.45) is 0 Å². The molecule has 0 saturated heterocycles. The zero-order valence-corrected chi connectivity index (χ0v) is 11.8. The molecule has 0 aliphatic heterocycles. The third kappa shape index (κ3) is 2.79. The van der Waals surface area contributed by atoms with E-state index in [-0.39, 0.29) is 5.41 Å². The fourth-order valence-corrected chi connectivity index (χ4v) is 3.24. The molecule has 1 N–H and O–H groups in total. The molecule has 0 spiro atoms. The molecule has 0 bridgehead atoms. The summed E-state index contributed by atoms with van der Waals surface area (Å²) in [5.41, 5.74) is 1.55. The number of nitrogens with zero attached hydrogens (tertiary/aromatic N) is 1. The van der Waals surface area contributed by atoms with Crippen LogP contribution in [0.2, 0.25) is 0 Å². The van der Waals surface area contributed by atoms with Gasteiger partial charge >= 0.3 is 0 Å². The van der Waals surface area contributed by atoms with Crippen molar-refractivity contribution in [3.8, 4) is 0 Å². The molecule has 0 fully saturated rings. The Morgan fingerprint density at radius 3 is 2.61 bits per heavy atom. The second kappa shape index (κ2) is 6.12. The van der Waals surface area contributed by atoms with Crippen LogP contribution in [0.25, 0.3) is 0 Å². The molecular weight excluding hydrogens is 240 g/mol. The first-order valence-corrected chi connectivity index (χ1v) is 7.27. The van der Waals surface area contributed by atoms with Crippen molar-refractivity contribution in [2.75, 3.05) is 13.6 Å². The topological polar surface area (TPSA) is 24.9 Å². The molecule has 1 aromatic heterocycles. The number of hydrogen-bond donors (Lipinski definition) is 1. The van der Waals surface area contributed by atoms with Crippen LogP contribution >= 0.6 is 11.3 Å². The zero-order valence-electron chi connectivity index (χ0n) is 11.0. The summed E-state index contributed by atoms with van der Waals surface area (Å²) >= 11 is 1.75. The van der Waals surface area contributed by atoms with Crippen molar-refractivity contribution in [3.05, 3.63) is 52.5 Å². The molecule has 2 aromatic rings. The average Bonchev–Trinajstić information content (AvgIpc) is 2.92. The lowest BCUT2D eigenvalue weighted by molar-refractivity contribution is 0.390. The number of aromatic nitrogens is 1. The molecule has 1 atom stereocenters. The average molecular weight is 260 g/mol. The van der Waals surface area contributed by atoms with Gasteiger partial charge in [0.1, 0.15) is 0 Å². The summed E-state index contributed by atoms with van der Waals surface area (Å²) in [4.78, 5) is 4.45. The van der Waals surface area contributed by atoms with Crippen LogP contribution in [-0.4, -0.2) is 18.6 Å². The second-order valence-corrected chi connectivity index (χ2v) is 5.61. The number of rotatable bonds is 6. The number of nitrogens with one attached hydrogen (secondary N) is 1. The second-order valence-electron chi connectivity index (χ2n) is 4.63. The minimum atomic E-state index is 0.147. The number of thiazole rings is 1. The summed E-state index contributed by atoms with van der Waals surface area (Å²) in [5, 5.41) is 6.62. The Morgan fingerprint density at radius 2 is 2.06 bits per heavy atom. The van der Waals surface area contributed by atoms with Crippen LogP contribution in [0.15, 0.2) is 41.9 Å². The Morgan fingerprint density at radius 1 is 1.28 bits per heavy atom. The summed E-state index contributed by atoms with van der Waals surface area (Å²) in [6, 6.07) is 10.8. The van der Waals surface area contributed by atoms with Crippen molar-refractivity contribution >= 4 is 11.3 Å². The maximum absolute atomic E-state index is 4.45. The minimum absolute atomic E-state index is 0.147. The van der Waals surface area contributed by atoms with Crippen LogP contribution in [-0.2, 0) is 11.8 Å². The third-order valence-electron chi connectivity index (χ3n) is 3.55. The predicted octanol–water partition coefficient (Wildman–Crippen LogP) is 3.25. The maximum atomic E-state index is 4.45. The first-order chi connectivity index (χ1) is 8.80. The van der Waals surface area contributed by atoms with Gasteiger partial charge < -0.3 is 5.32 Å². The van der Waals surface area contributed by atoms with Gasteiger partial charge in [0.2, 0.25) is 0 Å². The largest absolute Gasteiger partial charge is 0.319 e. The van der Waals surface area contributed by atoms with E-state index in [1.165, 1.54) is 10.6 Å². The summed E-state index contributed by atoms with van der Waals surface area (Å²) in [5.74, 6) is 0. The Balaban J connectivity index is 2.33. The molecule has 0 aliphatic carbocycles. The lowest BCUT2D eigenvalue weighted by Crippen LogP contribution is -2.38. The standard InChI is InChI=1S/C15H20N2S/c1-3-15(12-16-2,11-14-17-9-10-18-14)13-7-5-4-6-8-13/h4-10,16H,3,11-12H2,1-2H3. The van der Waals surface area contributed by atoms with E-state index in [0.717, 1.165) is 19.4 Å². The van der Waals surface area contributed by atoms with Crippen LogP contribution in [0.1, 0.15) is 23.9 Å². The zero-order chi connectivity index (χ0) is 12.8. The van der Waals surface area contributed by atoms with Crippen molar-refractivity contribution in [1.82, 2.24) is 10.3 Å². The predicted molar refractivity (Wildman–Crippen MR) is 78.2 cm³/mol. The fraction of sp³-hybridized carbons (Fsp3) is 0.400. The lowest BCUT2D eigenvalue weighted by atomic mass is 9.75. The molecule has 2 nitrogen and oxygen atoms in total. The number of hydrogen-bond acceptors (Lipinski definition) is 3. The third-order valence-corrected chi connectivity index (χ3v) is 4.33. The molecule has 1 unspecified atom stereocenters. The quantitative estimate of drug-likeness (QED) is 0.862. The molecule has 1 aromatic carbocycles. The first kappa shape index (κ1) is 13.2. The molecule has 2 rings (SSSR count). The molecule has 1 heterocycles. The Hall–Kier alpha value is -1.19. The molecule has 0 aliphatic rings. The normalized spacial score (nSPS) is 14.3. The van der Waals surface area contributed by atoms with Gasteiger partial charge in [-0.25, -0.2) is 4.98 Å². The highest BCUT2D eigenvalue weighted by Gasteiger charge is 2.30. The maximum Gasteiger partial charge on any atom is 0.0934 e. The number of likely N-dealkylation sites (N-methyl/N-ethyl adjacent to an activating group) is 1. The Kier molecular flexibility index (Phi) is 4.50. The van der Waals surface area contributed by atoms with Crippen molar-refractivity contribution in [3.63, 3.8) is 0 Å². The molecule has 18 heavy (non-hydrogen) atoms. The summed E-state index contributed by atoms with van der Waals surface area (Å²) in [6.07, 6.45) is 4.01. The van der Waals surface area contributed by atoms with Crippen LogP contribution < -0.4 is 5.32 Å². The van der Waals surface area contributed by atoms with E-state index < -0.39 is 0 Å². The van der Waals surface area contributed by atoms with Crippen molar-refractivity contribution in [2.45, 2.75) is 25.2 Å². The van der Waals surface area contributed by atoms with Gasteiger partial charge in [0, 0.05) is 30.0 Å². The van der Waals surface area contributed by atoms with Crippen LogP contribution in [0.3, 0.4) is 0 Å². The summed E-state index contributed by atoms with van der Waals surface area (Å²) in [6.45, 7) is 3.24. The van der Waals surface area contributed by atoms with E-state index in [9.17, 15) is 0 Å². The van der Waals surface area contributed by atoms with Gasteiger partial charge in [-0.2, -0.15) is 0 Å². The molecular formula is C15H20N2S. The van der Waals surface area contributed by atoms with E-state index in [0.29, 0.717) is 0 Å². The number of benzene rings is 1. The molecule has 96 valence electrons. The Labute approximate surface area is 113 Å². The highest BCUT2D eigenvalue weighted by atomic mass is 32.1. The van der Waals surface area contributed by atoms with Crippen LogP contribution in [0.5, 0.6) is 0 Å². The van der Waals surface area contributed by atoms with E-state index in [1.807, 2.05) is 13.2 Å². The van der Waals surface area contributed by atoms with Gasteiger partial charge in [-0.05, 0) is 19.0 Å². The molecule has 3 heteroatoms. The summed E-state index contributed by atoms with van der Waals surface area (Å²) < 4.78 is 0. The van der Waals surface area contributed by atoms with Gasteiger partial charge in [-0.15, -0.1) is 11.3 Å². The monoisotopic (exact) mass is 260 g/mol. The van der Waals surface area contributed by atoms with Gasteiger partial charge in [0.25, 0.3) is 0 Å². The first-order valence-electron chi connectivity index (χ1n) is 6.39. The van der Waals surface area contributed by atoms with Gasteiger partial charge in [0.05, 0.1) is 5.01 Å². The smallest absolute Gasteiger partial charge is 0.0934 e. The van der Waals surface area contributed by atoms with Gasteiger partial charge in [-0.3, -0.25) is 0 Å². The van der Waals surface area contributed by atoms with Crippen molar-refractivity contribution < 1.29 is 0 Å². The fourth-order valence-electron chi connectivity index (χ4n) is 2.48. The molecule has 0 radical (unpaired) electrons. The molecule has 0 amide bonds. The van der Waals surface area contributed by atoms with E-state index in [4.69, 9.17) is 0 Å². The lowest BCUT2D eigenvalue weighted by Gasteiger charge is -2.32. The highest BCUT2D eigenvalue weighted by molar-refractivity contribution is 7.09. The van der Waals surface area contributed by atoms with Gasteiger partial charge in [0.15, 0.2) is 0 Å². The minimum Gasteiger partial charge on any atom is -0.319 e. The van der Waals surface area contributed by atoms with E-state index in [2.05, 4.69) is 52.9 Å². The highest BCUT2D eigenvalue weighted by Crippen LogP contribution is 2.32. The Bertz CT molecular complexity index is 453. The summed E-state index contributed by atoms with van der Waals surface area (Å²) in [7, 11) is 2.02. The van der Waals surface area contributed by atoms with Gasteiger partial charge in [-0.1, -0.05) is 37.3 Å².